The molecule has 1 atom stereocenters. The SMILES string of the molecule is CNC(C)c1cccc(NS(=O)(=O)c2cccnc2)c1. The van der Waals surface area contributed by atoms with Gasteiger partial charge in [-0.25, -0.2) is 8.42 Å². The molecule has 2 rings (SSSR count). The van der Waals surface area contributed by atoms with Gasteiger partial charge >= 0.3 is 0 Å². The Morgan fingerprint density at radius 2 is 2.00 bits per heavy atom. The fourth-order valence-electron chi connectivity index (χ4n) is 1.76. The number of anilines is 1. The molecule has 0 aliphatic carbocycles. The number of benzene rings is 1. The molecule has 0 fully saturated rings. The molecule has 0 aliphatic rings. The number of aromatic nitrogens is 1. The molecule has 2 N–H and O–H groups in total. The highest BCUT2D eigenvalue weighted by atomic mass is 32.2. The molecule has 6 heteroatoms. The number of pyridine rings is 1. The van der Waals surface area contributed by atoms with Gasteiger partial charge in [-0.1, -0.05) is 12.1 Å². The van der Waals surface area contributed by atoms with E-state index < -0.39 is 10.0 Å². The predicted octanol–water partition coefficient (Wildman–Crippen LogP) is 2.16. The molecule has 1 unspecified atom stereocenters. The standard InChI is InChI=1S/C14H17N3O2S/c1-11(15-2)12-5-3-6-13(9-12)17-20(18,19)14-7-4-8-16-10-14/h3-11,15,17H,1-2H3. The summed E-state index contributed by atoms with van der Waals surface area (Å²) >= 11 is 0. The maximum Gasteiger partial charge on any atom is 0.263 e. The van der Waals surface area contributed by atoms with Crippen molar-refractivity contribution >= 4 is 15.7 Å². The quantitative estimate of drug-likeness (QED) is 0.885. The van der Waals surface area contributed by atoms with Crippen molar-refractivity contribution in [2.45, 2.75) is 17.9 Å². The van der Waals surface area contributed by atoms with Crippen molar-refractivity contribution in [1.82, 2.24) is 10.3 Å². The van der Waals surface area contributed by atoms with Crippen LogP contribution < -0.4 is 10.0 Å². The second-order valence-electron chi connectivity index (χ2n) is 4.43. The molecule has 106 valence electrons. The summed E-state index contributed by atoms with van der Waals surface area (Å²) in [7, 11) is -1.74. The van der Waals surface area contributed by atoms with Crippen LogP contribution in [0.15, 0.2) is 53.7 Å². The molecule has 0 saturated heterocycles. The fraction of sp³-hybridized carbons (Fsp3) is 0.214. The summed E-state index contributed by atoms with van der Waals surface area (Å²) in [5, 5.41) is 3.12. The molecular formula is C14H17N3O2S. The smallest absolute Gasteiger partial charge is 0.263 e. The third-order valence-corrected chi connectivity index (χ3v) is 4.38. The minimum atomic E-state index is -3.60. The van der Waals surface area contributed by atoms with Crippen molar-refractivity contribution in [2.24, 2.45) is 0 Å². The Balaban J connectivity index is 2.26. The third kappa shape index (κ3) is 3.34. The molecule has 0 aliphatic heterocycles. The van der Waals surface area contributed by atoms with Crippen molar-refractivity contribution in [2.75, 3.05) is 11.8 Å². The van der Waals surface area contributed by atoms with Crippen molar-refractivity contribution in [1.29, 1.82) is 0 Å². The van der Waals surface area contributed by atoms with E-state index in [1.807, 2.05) is 32.2 Å². The van der Waals surface area contributed by atoms with Crippen LogP contribution in [-0.4, -0.2) is 20.4 Å². The lowest BCUT2D eigenvalue weighted by molar-refractivity contribution is 0.600. The van der Waals surface area contributed by atoms with Crippen LogP contribution in [0.1, 0.15) is 18.5 Å². The van der Waals surface area contributed by atoms with Gasteiger partial charge in [-0.2, -0.15) is 0 Å². The second-order valence-corrected chi connectivity index (χ2v) is 6.11. The Hall–Kier alpha value is -1.92. The van der Waals surface area contributed by atoms with Crippen LogP contribution in [0.3, 0.4) is 0 Å². The van der Waals surface area contributed by atoms with Gasteiger partial charge in [0.2, 0.25) is 0 Å². The van der Waals surface area contributed by atoms with E-state index in [-0.39, 0.29) is 10.9 Å². The molecule has 5 nitrogen and oxygen atoms in total. The zero-order valence-electron chi connectivity index (χ0n) is 11.4. The minimum absolute atomic E-state index is 0.145. The van der Waals surface area contributed by atoms with E-state index in [9.17, 15) is 8.42 Å². The zero-order chi connectivity index (χ0) is 14.6. The van der Waals surface area contributed by atoms with Crippen LogP contribution in [0, 0.1) is 0 Å². The van der Waals surface area contributed by atoms with Gasteiger partial charge in [0.15, 0.2) is 0 Å². The third-order valence-electron chi connectivity index (χ3n) is 3.02. The van der Waals surface area contributed by atoms with E-state index in [0.29, 0.717) is 5.69 Å². The van der Waals surface area contributed by atoms with Crippen molar-refractivity contribution in [3.8, 4) is 0 Å². The minimum Gasteiger partial charge on any atom is -0.313 e. The van der Waals surface area contributed by atoms with Crippen LogP contribution >= 0.6 is 0 Å². The Kier molecular flexibility index (Phi) is 4.36. The Morgan fingerprint density at radius 1 is 1.20 bits per heavy atom. The predicted molar refractivity (Wildman–Crippen MR) is 79.0 cm³/mol. The first-order chi connectivity index (χ1) is 9.53. The number of nitrogens with one attached hydrogen (secondary N) is 2. The van der Waals surface area contributed by atoms with E-state index in [0.717, 1.165) is 5.56 Å². The van der Waals surface area contributed by atoms with Gasteiger partial charge in [0.25, 0.3) is 10.0 Å². The van der Waals surface area contributed by atoms with E-state index in [1.54, 1.807) is 12.1 Å². The topological polar surface area (TPSA) is 71.1 Å². The molecule has 2 aromatic rings. The maximum absolute atomic E-state index is 12.2. The van der Waals surface area contributed by atoms with E-state index in [1.165, 1.54) is 18.5 Å². The molecule has 0 saturated carbocycles. The summed E-state index contributed by atoms with van der Waals surface area (Å²) in [5.74, 6) is 0. The van der Waals surface area contributed by atoms with Gasteiger partial charge in [0.05, 0.1) is 0 Å². The van der Waals surface area contributed by atoms with E-state index in [4.69, 9.17) is 0 Å². The number of rotatable bonds is 5. The lowest BCUT2D eigenvalue weighted by atomic mass is 10.1. The molecule has 0 bridgehead atoms. The molecule has 0 spiro atoms. The van der Waals surface area contributed by atoms with Crippen molar-refractivity contribution < 1.29 is 8.42 Å². The van der Waals surface area contributed by atoms with Gasteiger partial charge in [-0.15, -0.1) is 0 Å². The number of hydrogen-bond acceptors (Lipinski definition) is 4. The van der Waals surface area contributed by atoms with Crippen LogP contribution in [0.4, 0.5) is 5.69 Å². The molecular weight excluding hydrogens is 274 g/mol. The first kappa shape index (κ1) is 14.5. The van der Waals surface area contributed by atoms with Gasteiger partial charge in [0, 0.05) is 24.1 Å². The maximum atomic E-state index is 12.2. The average Bonchev–Trinajstić information content (AvgIpc) is 2.47. The molecule has 1 heterocycles. The summed E-state index contributed by atoms with van der Waals surface area (Å²) in [4.78, 5) is 3.97. The molecule has 0 amide bonds. The van der Waals surface area contributed by atoms with Crippen LogP contribution in [0.2, 0.25) is 0 Å². The van der Waals surface area contributed by atoms with E-state index in [2.05, 4.69) is 15.0 Å². The average molecular weight is 291 g/mol. The summed E-state index contributed by atoms with van der Waals surface area (Å²) in [6.45, 7) is 2.01. The number of hydrogen-bond donors (Lipinski definition) is 2. The van der Waals surface area contributed by atoms with E-state index >= 15 is 0 Å². The summed E-state index contributed by atoms with van der Waals surface area (Å²) < 4.78 is 26.9. The van der Waals surface area contributed by atoms with Gasteiger partial charge < -0.3 is 5.32 Å². The second kappa shape index (κ2) is 6.02. The highest BCUT2D eigenvalue weighted by Gasteiger charge is 2.14. The van der Waals surface area contributed by atoms with Crippen LogP contribution in [0.5, 0.6) is 0 Å². The monoisotopic (exact) mass is 291 g/mol. The molecule has 0 radical (unpaired) electrons. The van der Waals surface area contributed by atoms with Crippen molar-refractivity contribution in [3.63, 3.8) is 0 Å². The first-order valence-electron chi connectivity index (χ1n) is 6.23. The largest absolute Gasteiger partial charge is 0.313 e. The van der Waals surface area contributed by atoms with Crippen molar-refractivity contribution in [3.05, 3.63) is 54.4 Å². The van der Waals surface area contributed by atoms with Gasteiger partial charge in [-0.3, -0.25) is 9.71 Å². The lowest BCUT2D eigenvalue weighted by Crippen LogP contribution is -2.15. The molecule has 1 aromatic carbocycles. The Labute approximate surface area is 119 Å². The fourth-order valence-corrected chi connectivity index (χ4v) is 2.77. The van der Waals surface area contributed by atoms with Gasteiger partial charge in [0.1, 0.15) is 4.90 Å². The van der Waals surface area contributed by atoms with Crippen LogP contribution in [0.25, 0.3) is 0 Å². The Morgan fingerprint density at radius 3 is 2.65 bits per heavy atom. The molecule has 1 aromatic heterocycles. The normalized spacial score (nSPS) is 12.9. The highest BCUT2D eigenvalue weighted by Crippen LogP contribution is 2.19. The first-order valence-corrected chi connectivity index (χ1v) is 7.71. The highest BCUT2D eigenvalue weighted by molar-refractivity contribution is 7.92. The number of nitrogens with zero attached hydrogens (tertiary/aromatic N) is 1. The summed E-state index contributed by atoms with van der Waals surface area (Å²) in [6.07, 6.45) is 2.86. The van der Waals surface area contributed by atoms with Gasteiger partial charge in [-0.05, 0) is 43.8 Å². The number of sulfonamides is 1. The summed E-state index contributed by atoms with van der Waals surface area (Å²) in [5.41, 5.74) is 1.55. The lowest BCUT2D eigenvalue weighted by Gasteiger charge is -2.13. The summed E-state index contributed by atoms with van der Waals surface area (Å²) in [6, 6.07) is 10.6. The zero-order valence-corrected chi connectivity index (χ0v) is 12.2. The van der Waals surface area contributed by atoms with Crippen LogP contribution in [-0.2, 0) is 10.0 Å². The molecule has 20 heavy (non-hydrogen) atoms. The Bertz CT molecular complexity index is 672.